The number of carbonyl (C=O) groups excluding carboxylic acids is 2. The molecule has 0 radical (unpaired) electrons. The van der Waals surface area contributed by atoms with Crippen LogP contribution in [0.3, 0.4) is 0 Å². The van der Waals surface area contributed by atoms with Gasteiger partial charge >= 0.3 is 11.9 Å². The quantitative estimate of drug-likeness (QED) is 0.145. The highest BCUT2D eigenvalue weighted by Gasteiger charge is 2.08. The summed E-state index contributed by atoms with van der Waals surface area (Å²) in [7, 11) is 0. The van der Waals surface area contributed by atoms with E-state index in [1.807, 2.05) is 12.2 Å². The van der Waals surface area contributed by atoms with E-state index in [0.717, 1.165) is 25.7 Å². The van der Waals surface area contributed by atoms with Crippen LogP contribution in [0.5, 0.6) is 0 Å². The van der Waals surface area contributed by atoms with Crippen molar-refractivity contribution in [1.29, 1.82) is 0 Å². The molecule has 0 aromatic rings. The van der Waals surface area contributed by atoms with Crippen molar-refractivity contribution in [3.05, 3.63) is 12.2 Å². The number of esters is 2. The number of carbonyl (C=O) groups is 2. The summed E-state index contributed by atoms with van der Waals surface area (Å²) in [5, 5.41) is 0. The van der Waals surface area contributed by atoms with E-state index in [-0.39, 0.29) is 24.8 Å². The van der Waals surface area contributed by atoms with E-state index in [1.165, 1.54) is 57.8 Å². The molecule has 4 nitrogen and oxygen atoms in total. The van der Waals surface area contributed by atoms with Crippen molar-refractivity contribution in [2.24, 2.45) is 0 Å². The molecular formula is C23H42O4. The highest BCUT2D eigenvalue weighted by Crippen LogP contribution is 2.11. The highest BCUT2D eigenvalue weighted by atomic mass is 16.5. The molecule has 0 saturated carbocycles. The third-order valence-electron chi connectivity index (χ3n) is 4.49. The molecule has 0 amide bonds. The Hall–Kier alpha value is -1.32. The van der Waals surface area contributed by atoms with Crippen molar-refractivity contribution >= 4 is 11.9 Å². The lowest BCUT2D eigenvalue weighted by Gasteiger charge is -2.06. The highest BCUT2D eigenvalue weighted by molar-refractivity contribution is 5.77. The molecule has 4 heteroatoms. The minimum absolute atomic E-state index is 0.106. The Balaban J connectivity index is 3.32. The van der Waals surface area contributed by atoms with E-state index < -0.39 is 0 Å². The third-order valence-corrected chi connectivity index (χ3v) is 4.49. The van der Waals surface area contributed by atoms with Crippen LogP contribution in [0.25, 0.3) is 0 Å². The molecule has 0 aromatic heterocycles. The van der Waals surface area contributed by atoms with Gasteiger partial charge in [-0.3, -0.25) is 9.59 Å². The van der Waals surface area contributed by atoms with Crippen LogP contribution in [0, 0.1) is 0 Å². The fraction of sp³-hybridized carbons (Fsp3) is 0.826. The molecule has 0 rings (SSSR count). The van der Waals surface area contributed by atoms with E-state index in [0.29, 0.717) is 13.2 Å². The maximum atomic E-state index is 11.6. The summed E-state index contributed by atoms with van der Waals surface area (Å²) in [6.45, 7) is 5.15. The minimum atomic E-state index is -0.327. The molecule has 0 saturated heterocycles. The largest absolute Gasteiger partial charge is 0.466 e. The average molecular weight is 383 g/mol. The summed E-state index contributed by atoms with van der Waals surface area (Å²) in [4.78, 5) is 23.1. The summed E-state index contributed by atoms with van der Waals surface area (Å²) in [6, 6.07) is 0. The standard InChI is InChI=1S/C23H42O4/c1-3-5-7-9-10-11-12-13-14-15-17-21-27-23(25)19-18-22(24)26-20-16-8-6-4-2/h6,8H,3-5,7,9-21H2,1-2H3/b8-6+. The number of hydrogen-bond donors (Lipinski definition) is 0. The maximum Gasteiger partial charge on any atom is 0.306 e. The Morgan fingerprint density at radius 2 is 1.11 bits per heavy atom. The van der Waals surface area contributed by atoms with E-state index >= 15 is 0 Å². The first-order valence-corrected chi connectivity index (χ1v) is 11.2. The lowest BCUT2D eigenvalue weighted by atomic mass is 10.1. The second-order valence-electron chi connectivity index (χ2n) is 7.14. The minimum Gasteiger partial charge on any atom is -0.466 e. The fourth-order valence-electron chi connectivity index (χ4n) is 2.83. The Morgan fingerprint density at radius 3 is 1.63 bits per heavy atom. The van der Waals surface area contributed by atoms with Gasteiger partial charge < -0.3 is 9.47 Å². The van der Waals surface area contributed by atoms with Crippen LogP contribution in [0.2, 0.25) is 0 Å². The summed E-state index contributed by atoms with van der Waals surface area (Å²) in [5.41, 5.74) is 0. The van der Waals surface area contributed by atoms with Crippen LogP contribution in [0.15, 0.2) is 12.2 Å². The Morgan fingerprint density at radius 1 is 0.630 bits per heavy atom. The van der Waals surface area contributed by atoms with Crippen LogP contribution < -0.4 is 0 Å². The van der Waals surface area contributed by atoms with Gasteiger partial charge in [0.25, 0.3) is 0 Å². The van der Waals surface area contributed by atoms with Gasteiger partial charge in [0.15, 0.2) is 0 Å². The SMILES string of the molecule is CC/C=C/CCOC(=O)CCC(=O)OCCCCCCCCCCCCC. The van der Waals surface area contributed by atoms with Crippen LogP contribution in [-0.4, -0.2) is 25.2 Å². The van der Waals surface area contributed by atoms with Crippen molar-refractivity contribution in [2.75, 3.05) is 13.2 Å². The summed E-state index contributed by atoms with van der Waals surface area (Å²) >= 11 is 0. The van der Waals surface area contributed by atoms with Crippen LogP contribution >= 0.6 is 0 Å². The van der Waals surface area contributed by atoms with Gasteiger partial charge in [0.2, 0.25) is 0 Å². The predicted octanol–water partition coefficient (Wildman–Crippen LogP) is 6.52. The predicted molar refractivity (Wildman–Crippen MR) is 112 cm³/mol. The van der Waals surface area contributed by atoms with Gasteiger partial charge in [-0.1, -0.05) is 90.2 Å². The van der Waals surface area contributed by atoms with Crippen molar-refractivity contribution in [2.45, 2.75) is 110 Å². The molecule has 0 bridgehead atoms. The van der Waals surface area contributed by atoms with Crippen molar-refractivity contribution in [1.82, 2.24) is 0 Å². The van der Waals surface area contributed by atoms with Gasteiger partial charge in [-0.15, -0.1) is 0 Å². The van der Waals surface area contributed by atoms with E-state index in [4.69, 9.17) is 9.47 Å². The molecule has 0 heterocycles. The second kappa shape index (κ2) is 21.0. The first-order valence-electron chi connectivity index (χ1n) is 11.2. The zero-order valence-electron chi connectivity index (χ0n) is 17.8. The lowest BCUT2D eigenvalue weighted by Crippen LogP contribution is -2.11. The van der Waals surface area contributed by atoms with E-state index in [9.17, 15) is 9.59 Å². The Kier molecular flexibility index (Phi) is 20.0. The smallest absolute Gasteiger partial charge is 0.306 e. The molecule has 0 aliphatic heterocycles. The summed E-state index contributed by atoms with van der Waals surface area (Å²) in [6.07, 6.45) is 20.0. The Bertz CT molecular complexity index is 377. The topological polar surface area (TPSA) is 52.6 Å². The fourth-order valence-corrected chi connectivity index (χ4v) is 2.83. The zero-order chi connectivity index (χ0) is 20.0. The molecule has 158 valence electrons. The third kappa shape index (κ3) is 20.8. The second-order valence-corrected chi connectivity index (χ2v) is 7.14. The average Bonchev–Trinajstić information content (AvgIpc) is 2.67. The number of hydrogen-bond acceptors (Lipinski definition) is 4. The van der Waals surface area contributed by atoms with Crippen LogP contribution in [-0.2, 0) is 19.1 Å². The molecule has 0 spiro atoms. The lowest BCUT2D eigenvalue weighted by molar-refractivity contribution is -0.150. The zero-order valence-corrected chi connectivity index (χ0v) is 17.8. The van der Waals surface area contributed by atoms with Gasteiger partial charge in [0.05, 0.1) is 26.1 Å². The number of unbranched alkanes of at least 4 members (excludes halogenated alkanes) is 10. The normalized spacial score (nSPS) is 11.0. The Labute approximate surface area is 167 Å². The van der Waals surface area contributed by atoms with E-state index in [1.54, 1.807) is 0 Å². The van der Waals surface area contributed by atoms with Crippen molar-refractivity contribution < 1.29 is 19.1 Å². The molecule has 0 aliphatic carbocycles. The molecule has 0 unspecified atom stereocenters. The summed E-state index contributed by atoms with van der Waals surface area (Å²) in [5.74, 6) is -0.628. The van der Waals surface area contributed by atoms with Gasteiger partial charge in [0, 0.05) is 0 Å². The molecular weight excluding hydrogens is 340 g/mol. The molecule has 0 N–H and O–H groups in total. The van der Waals surface area contributed by atoms with E-state index in [2.05, 4.69) is 13.8 Å². The molecule has 27 heavy (non-hydrogen) atoms. The van der Waals surface area contributed by atoms with Gasteiger partial charge in [0.1, 0.15) is 0 Å². The first kappa shape index (κ1) is 25.7. The maximum absolute atomic E-state index is 11.6. The van der Waals surface area contributed by atoms with Crippen molar-refractivity contribution in [3.63, 3.8) is 0 Å². The molecule has 0 aliphatic rings. The monoisotopic (exact) mass is 382 g/mol. The number of ether oxygens (including phenoxy) is 2. The number of allylic oxidation sites excluding steroid dienone is 1. The summed E-state index contributed by atoms with van der Waals surface area (Å²) < 4.78 is 10.2. The molecule has 0 atom stereocenters. The van der Waals surface area contributed by atoms with Gasteiger partial charge in [-0.25, -0.2) is 0 Å². The van der Waals surface area contributed by atoms with Crippen molar-refractivity contribution in [3.8, 4) is 0 Å². The van der Waals surface area contributed by atoms with Crippen LogP contribution in [0.4, 0.5) is 0 Å². The number of rotatable bonds is 19. The molecule has 0 aromatic carbocycles. The van der Waals surface area contributed by atoms with Gasteiger partial charge in [-0.05, 0) is 19.3 Å². The van der Waals surface area contributed by atoms with Gasteiger partial charge in [-0.2, -0.15) is 0 Å². The molecule has 0 fully saturated rings. The first-order chi connectivity index (χ1) is 13.2. The van der Waals surface area contributed by atoms with Crippen LogP contribution in [0.1, 0.15) is 110 Å².